The maximum absolute atomic E-state index is 10.3. The summed E-state index contributed by atoms with van der Waals surface area (Å²) in [5.41, 5.74) is 0.894. The molecule has 0 aromatic heterocycles. The van der Waals surface area contributed by atoms with Crippen LogP contribution in [0, 0.1) is 17.0 Å². The average Bonchev–Trinajstić information content (AvgIpc) is 1.85. The van der Waals surface area contributed by atoms with Crippen LogP contribution in [-0.2, 0) is 0 Å². The van der Waals surface area contributed by atoms with Crippen molar-refractivity contribution in [3.8, 4) is 11.8 Å². The lowest BCUT2D eigenvalue weighted by atomic mass is 10.3. The van der Waals surface area contributed by atoms with Crippen LogP contribution >= 0.6 is 0 Å². The maximum Gasteiger partial charge on any atom is 0.175 e. The van der Waals surface area contributed by atoms with Gasteiger partial charge >= 0.3 is 0 Å². The van der Waals surface area contributed by atoms with Gasteiger partial charge in [0, 0.05) is 11.6 Å². The van der Waals surface area contributed by atoms with Crippen molar-refractivity contribution in [3.05, 3.63) is 16.9 Å². The van der Waals surface area contributed by atoms with Gasteiger partial charge in [-0.2, -0.15) is 0 Å². The quantitative estimate of drug-likeness (QED) is 0.175. The van der Waals surface area contributed by atoms with Gasteiger partial charge in [-0.15, -0.1) is 5.92 Å². The minimum atomic E-state index is 0.737. The van der Waals surface area contributed by atoms with Crippen molar-refractivity contribution >= 4 is 6.21 Å². The van der Waals surface area contributed by atoms with Crippen molar-refractivity contribution in [2.24, 2.45) is 0 Å². The van der Waals surface area contributed by atoms with Gasteiger partial charge in [0.05, 0.1) is 0 Å². The second-order valence-corrected chi connectivity index (χ2v) is 1.92. The first-order valence-corrected chi connectivity index (χ1v) is 3.01. The van der Waals surface area contributed by atoms with Crippen molar-refractivity contribution in [1.82, 2.24) is 0 Å². The van der Waals surface area contributed by atoms with E-state index in [-0.39, 0.29) is 0 Å². The summed E-state index contributed by atoms with van der Waals surface area (Å²) in [5.74, 6) is 5.55. The molecule has 0 bridgehead atoms. The number of allylic oxidation sites excluding steroid dienone is 2. The monoisotopic (exact) mass is 137 g/mol. The zero-order chi connectivity index (χ0) is 7.98. The predicted octanol–water partition coefficient (Wildman–Crippen LogP) is 1.17. The molecule has 0 aliphatic heterocycles. The molecule has 0 aliphatic rings. The van der Waals surface area contributed by atoms with E-state index < -0.39 is 0 Å². The standard InChI is InChI=1S/C8H11NO/c1-4-5-8(2)6-7-9(3)10/h6-7H,1-3H3/b8-6-,9-7-. The fourth-order valence-electron chi connectivity index (χ4n) is 0.456. The van der Waals surface area contributed by atoms with Gasteiger partial charge in [0.1, 0.15) is 7.05 Å². The molecule has 0 aromatic carbocycles. The molecule has 0 heterocycles. The molecule has 0 unspecified atom stereocenters. The third kappa shape index (κ3) is 4.92. The zero-order valence-corrected chi connectivity index (χ0v) is 6.51. The van der Waals surface area contributed by atoms with Crippen molar-refractivity contribution in [3.63, 3.8) is 0 Å². The van der Waals surface area contributed by atoms with Gasteiger partial charge in [0.2, 0.25) is 0 Å². The largest absolute Gasteiger partial charge is 0.624 e. The van der Waals surface area contributed by atoms with E-state index >= 15 is 0 Å². The SMILES string of the molecule is CC#C/C(C)=C\C=[N+](\C)[O-]. The normalized spacial score (nSPS) is 12.3. The molecule has 0 rings (SSSR count). The van der Waals surface area contributed by atoms with E-state index in [9.17, 15) is 5.21 Å². The van der Waals surface area contributed by atoms with E-state index in [0.717, 1.165) is 10.3 Å². The minimum Gasteiger partial charge on any atom is -0.624 e. The van der Waals surface area contributed by atoms with Gasteiger partial charge in [-0.1, -0.05) is 5.92 Å². The number of hydrogen-bond acceptors (Lipinski definition) is 1. The summed E-state index contributed by atoms with van der Waals surface area (Å²) in [6.45, 7) is 3.62. The fourth-order valence-corrected chi connectivity index (χ4v) is 0.456. The second kappa shape index (κ2) is 4.63. The maximum atomic E-state index is 10.3. The highest BCUT2D eigenvalue weighted by Gasteiger charge is 1.78. The molecule has 0 fully saturated rings. The Bertz CT molecular complexity index is 211. The van der Waals surface area contributed by atoms with Gasteiger partial charge in [0.15, 0.2) is 6.21 Å². The first kappa shape index (κ1) is 8.77. The number of hydrogen-bond donors (Lipinski definition) is 0. The summed E-state index contributed by atoms with van der Waals surface area (Å²) in [6.07, 6.45) is 3.11. The lowest BCUT2D eigenvalue weighted by molar-refractivity contribution is -0.416. The van der Waals surface area contributed by atoms with E-state index in [0.29, 0.717) is 0 Å². The average molecular weight is 137 g/mol. The Morgan fingerprint density at radius 1 is 1.60 bits per heavy atom. The second-order valence-electron chi connectivity index (χ2n) is 1.92. The highest BCUT2D eigenvalue weighted by molar-refractivity contribution is 5.68. The van der Waals surface area contributed by atoms with Crippen molar-refractivity contribution in [2.75, 3.05) is 7.05 Å². The van der Waals surface area contributed by atoms with Gasteiger partial charge in [-0.05, 0) is 13.8 Å². The number of rotatable bonds is 1. The lowest BCUT2D eigenvalue weighted by Crippen LogP contribution is -1.92. The molecule has 0 spiro atoms. The molecule has 2 nitrogen and oxygen atoms in total. The zero-order valence-electron chi connectivity index (χ0n) is 6.51. The van der Waals surface area contributed by atoms with Crippen LogP contribution in [0.4, 0.5) is 0 Å². The molecule has 2 heteroatoms. The van der Waals surface area contributed by atoms with Crippen LogP contribution in [0.15, 0.2) is 11.6 Å². The lowest BCUT2D eigenvalue weighted by Gasteiger charge is -1.89. The minimum absolute atomic E-state index is 0.737. The number of nitrogens with zero attached hydrogens (tertiary/aromatic N) is 1. The predicted molar refractivity (Wildman–Crippen MR) is 42.8 cm³/mol. The van der Waals surface area contributed by atoms with Crippen LogP contribution < -0.4 is 0 Å². The van der Waals surface area contributed by atoms with Crippen molar-refractivity contribution < 1.29 is 4.74 Å². The summed E-state index contributed by atoms with van der Waals surface area (Å²) in [7, 11) is 1.43. The molecule has 0 aromatic rings. The van der Waals surface area contributed by atoms with Crippen molar-refractivity contribution in [2.45, 2.75) is 13.8 Å². The van der Waals surface area contributed by atoms with Gasteiger partial charge < -0.3 is 5.21 Å². The molecular weight excluding hydrogens is 126 g/mol. The van der Waals surface area contributed by atoms with Gasteiger partial charge in [-0.3, -0.25) is 0 Å². The molecule has 54 valence electrons. The topological polar surface area (TPSA) is 26.1 Å². The molecule has 0 aliphatic carbocycles. The molecular formula is C8H11NO. The highest BCUT2D eigenvalue weighted by atomic mass is 16.5. The Kier molecular flexibility index (Phi) is 4.06. The molecule has 0 N–H and O–H groups in total. The highest BCUT2D eigenvalue weighted by Crippen LogP contribution is 1.84. The first-order chi connectivity index (χ1) is 4.66. The Morgan fingerprint density at radius 2 is 2.20 bits per heavy atom. The van der Waals surface area contributed by atoms with Crippen molar-refractivity contribution in [1.29, 1.82) is 0 Å². The van der Waals surface area contributed by atoms with E-state index in [1.54, 1.807) is 13.0 Å². The number of hydroxylamine groups is 1. The molecule has 0 saturated heterocycles. The van der Waals surface area contributed by atoms with E-state index in [2.05, 4.69) is 11.8 Å². The van der Waals surface area contributed by atoms with E-state index in [1.165, 1.54) is 13.3 Å². The Morgan fingerprint density at radius 3 is 2.60 bits per heavy atom. The summed E-state index contributed by atoms with van der Waals surface area (Å²) in [4.78, 5) is 0. The third-order valence-corrected chi connectivity index (χ3v) is 0.857. The molecule has 10 heavy (non-hydrogen) atoms. The van der Waals surface area contributed by atoms with Gasteiger partial charge in [0.25, 0.3) is 0 Å². The molecule has 0 amide bonds. The molecule has 0 radical (unpaired) electrons. The van der Waals surface area contributed by atoms with Crippen LogP contribution in [-0.4, -0.2) is 18.0 Å². The fraction of sp³-hybridized carbons (Fsp3) is 0.375. The summed E-state index contributed by atoms with van der Waals surface area (Å²) < 4.78 is 0.737. The Hall–Kier alpha value is -1.23. The van der Waals surface area contributed by atoms with Crippen LogP contribution in [0.2, 0.25) is 0 Å². The van der Waals surface area contributed by atoms with Gasteiger partial charge in [-0.25, -0.2) is 4.74 Å². The third-order valence-electron chi connectivity index (χ3n) is 0.857. The first-order valence-electron chi connectivity index (χ1n) is 3.01. The Balaban J connectivity index is 4.14. The smallest absolute Gasteiger partial charge is 0.175 e. The van der Waals surface area contributed by atoms with E-state index in [1.807, 2.05) is 6.92 Å². The summed E-state index contributed by atoms with van der Waals surface area (Å²) in [6, 6.07) is 0. The van der Waals surface area contributed by atoms with E-state index in [4.69, 9.17) is 0 Å². The Labute approximate surface area is 61.5 Å². The van der Waals surface area contributed by atoms with Crippen LogP contribution in [0.25, 0.3) is 0 Å². The van der Waals surface area contributed by atoms with Crippen LogP contribution in [0.1, 0.15) is 13.8 Å². The molecule has 0 saturated carbocycles. The summed E-state index contributed by atoms with van der Waals surface area (Å²) in [5, 5.41) is 10.3. The van der Waals surface area contributed by atoms with Crippen LogP contribution in [0.3, 0.4) is 0 Å². The molecule has 0 atom stereocenters. The van der Waals surface area contributed by atoms with Crippen LogP contribution in [0.5, 0.6) is 0 Å². The summed E-state index contributed by atoms with van der Waals surface area (Å²) >= 11 is 0.